The van der Waals surface area contributed by atoms with E-state index in [4.69, 9.17) is 4.11 Å². The molecule has 0 saturated carbocycles. The number of aryl methyl sites for hydroxylation is 2. The maximum atomic E-state index is 7.23. The summed E-state index contributed by atoms with van der Waals surface area (Å²) in [7, 11) is 0. The summed E-state index contributed by atoms with van der Waals surface area (Å²) in [6.45, 7) is 0.00657. The van der Waals surface area contributed by atoms with Gasteiger partial charge >= 0.3 is 0 Å². The van der Waals surface area contributed by atoms with E-state index < -0.39 is 6.85 Å². The third kappa shape index (κ3) is 6.79. The maximum Gasteiger partial charge on any atom is 0.0280 e. The standard InChI is InChI=1S/C18H14N.C12H10N.Ir/c1-14-7-9-15(10-8-14)17-11-12-19-18(13-17)16-5-3-2-4-6-16;1-10-7-8-12(13-9-10)11-5-3-2-4-6-11;/h2-5,7-13H,1H3;2-5,7-9H,1H3;/q2*-1;/i;1D3;. The quantitative estimate of drug-likeness (QED) is 0.200. The fraction of sp³-hybridized carbons (Fsp3) is 0.0667. The molecule has 2 aromatic heterocycles. The van der Waals surface area contributed by atoms with Crippen LogP contribution in [0, 0.1) is 25.9 Å². The molecule has 0 spiro atoms. The molecule has 0 aliphatic heterocycles. The van der Waals surface area contributed by atoms with Gasteiger partial charge in [-0.05, 0) is 47.9 Å². The zero-order valence-electron chi connectivity index (χ0n) is 21.1. The molecule has 165 valence electrons. The van der Waals surface area contributed by atoms with E-state index in [1.165, 1.54) is 22.9 Å². The molecule has 3 aromatic carbocycles. The van der Waals surface area contributed by atoms with Crippen LogP contribution in [0.15, 0.2) is 109 Å². The Morgan fingerprint density at radius 3 is 1.91 bits per heavy atom. The average molecular weight is 608 g/mol. The van der Waals surface area contributed by atoms with E-state index in [9.17, 15) is 0 Å². The summed E-state index contributed by atoms with van der Waals surface area (Å²) in [5.41, 5.74) is 7.50. The Hall–Kier alpha value is -3.39. The minimum Gasteiger partial charge on any atom is -0.305 e. The van der Waals surface area contributed by atoms with Gasteiger partial charge in [-0.25, -0.2) is 0 Å². The van der Waals surface area contributed by atoms with Crippen molar-refractivity contribution in [2.24, 2.45) is 0 Å². The Labute approximate surface area is 214 Å². The minimum atomic E-state index is -2.09. The van der Waals surface area contributed by atoms with Crippen LogP contribution < -0.4 is 0 Å². The molecule has 0 saturated heterocycles. The van der Waals surface area contributed by atoms with Crippen LogP contribution >= 0.6 is 0 Å². The van der Waals surface area contributed by atoms with Crippen LogP contribution in [0.4, 0.5) is 0 Å². The van der Waals surface area contributed by atoms with Crippen molar-refractivity contribution in [2.45, 2.75) is 13.8 Å². The summed E-state index contributed by atoms with van der Waals surface area (Å²) in [5, 5.41) is 0. The Balaban J connectivity index is 0.000000198. The summed E-state index contributed by atoms with van der Waals surface area (Å²) in [5.74, 6) is 0. The number of hydrogen-bond acceptors (Lipinski definition) is 2. The number of pyridine rings is 2. The molecule has 3 heteroatoms. The summed E-state index contributed by atoms with van der Waals surface area (Å²) >= 11 is 0. The molecule has 5 aromatic rings. The minimum absolute atomic E-state index is 0. The van der Waals surface area contributed by atoms with E-state index in [-0.39, 0.29) is 25.7 Å². The fourth-order valence-corrected chi connectivity index (χ4v) is 3.16. The topological polar surface area (TPSA) is 25.8 Å². The SMILES string of the molecule is Cc1ccc(-c2ccnc(-c3[c-]cccc3)c2)cc1.[2H]C([2H])([2H])c1ccc(-c2[c-]cccc2)nc1.[Ir]. The molecular weight excluding hydrogens is 581 g/mol. The van der Waals surface area contributed by atoms with E-state index >= 15 is 0 Å². The van der Waals surface area contributed by atoms with Crippen molar-refractivity contribution < 1.29 is 24.2 Å². The molecule has 0 atom stereocenters. The summed E-state index contributed by atoms with van der Waals surface area (Å²) < 4.78 is 21.7. The first-order valence-electron chi connectivity index (χ1n) is 11.8. The van der Waals surface area contributed by atoms with Gasteiger partial charge in [0.2, 0.25) is 0 Å². The Kier molecular flexibility index (Phi) is 7.36. The molecule has 5 rings (SSSR count). The van der Waals surface area contributed by atoms with E-state index in [0.717, 1.165) is 22.5 Å². The largest absolute Gasteiger partial charge is 0.305 e. The number of aromatic nitrogens is 2. The predicted molar refractivity (Wildman–Crippen MR) is 132 cm³/mol. The van der Waals surface area contributed by atoms with Crippen molar-refractivity contribution in [3.63, 3.8) is 0 Å². The monoisotopic (exact) mass is 608 g/mol. The van der Waals surface area contributed by atoms with Crippen molar-refractivity contribution in [2.75, 3.05) is 0 Å². The first kappa shape index (κ1) is 20.2. The molecule has 0 amide bonds. The molecule has 2 nitrogen and oxygen atoms in total. The Bertz CT molecular complexity index is 1350. The van der Waals surface area contributed by atoms with E-state index in [0.29, 0.717) is 0 Å². The van der Waals surface area contributed by atoms with Gasteiger partial charge in [0, 0.05) is 36.6 Å². The van der Waals surface area contributed by atoms with Crippen LogP contribution in [0.5, 0.6) is 0 Å². The predicted octanol–water partition coefficient (Wildman–Crippen LogP) is 7.38. The van der Waals surface area contributed by atoms with Gasteiger partial charge in [-0.3, -0.25) is 0 Å². The number of rotatable bonds is 3. The molecule has 0 fully saturated rings. The number of nitrogens with zero attached hydrogens (tertiary/aromatic N) is 2. The molecule has 33 heavy (non-hydrogen) atoms. The molecule has 0 aliphatic carbocycles. The Morgan fingerprint density at radius 1 is 0.667 bits per heavy atom. The van der Waals surface area contributed by atoms with Gasteiger partial charge < -0.3 is 9.97 Å². The van der Waals surface area contributed by atoms with Gasteiger partial charge in [0.05, 0.1) is 0 Å². The van der Waals surface area contributed by atoms with Crippen LogP contribution in [0.25, 0.3) is 33.6 Å². The summed E-state index contributed by atoms with van der Waals surface area (Å²) in [6.07, 6.45) is 3.24. The van der Waals surface area contributed by atoms with Gasteiger partial charge in [-0.1, -0.05) is 48.0 Å². The normalized spacial score (nSPS) is 11.6. The summed E-state index contributed by atoms with van der Waals surface area (Å²) in [6, 6.07) is 37.6. The van der Waals surface area contributed by atoms with Crippen molar-refractivity contribution in [1.29, 1.82) is 0 Å². The molecule has 0 N–H and O–H groups in total. The third-order valence-corrected chi connectivity index (χ3v) is 4.88. The van der Waals surface area contributed by atoms with Crippen LogP contribution in [0.2, 0.25) is 0 Å². The van der Waals surface area contributed by atoms with Gasteiger partial charge in [-0.2, -0.15) is 0 Å². The molecular formula is C30H24IrN2-2. The smallest absolute Gasteiger partial charge is 0.0280 e. The van der Waals surface area contributed by atoms with Gasteiger partial charge in [0.15, 0.2) is 0 Å². The molecule has 0 unspecified atom stereocenters. The average Bonchev–Trinajstić information content (AvgIpc) is 2.90. The zero-order valence-corrected chi connectivity index (χ0v) is 20.5. The van der Waals surface area contributed by atoms with E-state index in [2.05, 4.69) is 59.4 Å². The van der Waals surface area contributed by atoms with Gasteiger partial charge in [-0.15, -0.1) is 71.8 Å². The van der Waals surface area contributed by atoms with Crippen molar-refractivity contribution >= 4 is 0 Å². The molecule has 0 aliphatic rings. The maximum absolute atomic E-state index is 7.23. The fourth-order valence-electron chi connectivity index (χ4n) is 3.16. The van der Waals surface area contributed by atoms with Crippen LogP contribution in [0.1, 0.15) is 15.2 Å². The number of hydrogen-bond donors (Lipinski definition) is 0. The number of benzene rings is 3. The summed E-state index contributed by atoms with van der Waals surface area (Å²) in [4.78, 5) is 8.55. The second-order valence-corrected chi connectivity index (χ2v) is 7.28. The van der Waals surface area contributed by atoms with Crippen LogP contribution in [-0.4, -0.2) is 9.97 Å². The Morgan fingerprint density at radius 2 is 1.33 bits per heavy atom. The second-order valence-electron chi connectivity index (χ2n) is 7.28. The van der Waals surface area contributed by atoms with Gasteiger partial charge in [0.25, 0.3) is 0 Å². The van der Waals surface area contributed by atoms with Crippen molar-refractivity contribution in [3.8, 4) is 33.6 Å². The second kappa shape index (κ2) is 12.0. The van der Waals surface area contributed by atoms with Gasteiger partial charge in [0.1, 0.15) is 0 Å². The van der Waals surface area contributed by atoms with E-state index in [1.807, 2.05) is 54.7 Å². The third-order valence-electron chi connectivity index (χ3n) is 4.88. The van der Waals surface area contributed by atoms with Crippen LogP contribution in [-0.2, 0) is 20.1 Å². The first-order chi connectivity index (χ1) is 16.9. The zero-order chi connectivity index (χ0) is 24.7. The van der Waals surface area contributed by atoms with Crippen LogP contribution in [0.3, 0.4) is 0 Å². The van der Waals surface area contributed by atoms with Crippen molar-refractivity contribution in [1.82, 2.24) is 9.97 Å². The van der Waals surface area contributed by atoms with Crippen molar-refractivity contribution in [3.05, 3.63) is 133 Å². The first-order valence-corrected chi connectivity index (χ1v) is 10.3. The molecule has 0 bridgehead atoms. The molecule has 2 heterocycles. The van der Waals surface area contributed by atoms with E-state index in [1.54, 1.807) is 18.2 Å². The molecule has 1 radical (unpaired) electrons.